The number of carbonyl (C=O) groups excluding carboxylic acids is 1. The van der Waals surface area contributed by atoms with Gasteiger partial charge in [-0.1, -0.05) is 26.0 Å². The topological polar surface area (TPSA) is 76.2 Å². The largest absolute Gasteiger partial charge is 0.497 e. The van der Waals surface area contributed by atoms with Crippen molar-refractivity contribution in [1.82, 2.24) is 9.21 Å². The first-order valence-electron chi connectivity index (χ1n) is 12.1. The van der Waals surface area contributed by atoms with E-state index in [4.69, 9.17) is 9.47 Å². The van der Waals surface area contributed by atoms with Crippen LogP contribution in [0.25, 0.3) is 0 Å². The summed E-state index contributed by atoms with van der Waals surface area (Å²) >= 11 is 1.61. The lowest BCUT2D eigenvalue weighted by Crippen LogP contribution is -2.48. The normalized spacial score (nSPS) is 15.6. The molecule has 0 bridgehead atoms. The van der Waals surface area contributed by atoms with Crippen molar-refractivity contribution in [3.8, 4) is 11.5 Å². The fourth-order valence-corrected chi connectivity index (χ4v) is 6.88. The standard InChI is InChI=1S/C27H31FN2O5S2/c1-19(2)16-29(37(32,33)21-10-8-20(34-3)9-11-21)17-27(31)30-14-12-26-22(13-15-36-26)24(30)18-35-25-7-5-4-6-23(25)28/h4-11,13,15,19,24H,12,14,16-18H2,1-3H3/t24-/m1/s1. The third kappa shape index (κ3) is 6.14. The Morgan fingerprint density at radius 1 is 1.16 bits per heavy atom. The monoisotopic (exact) mass is 546 g/mol. The van der Waals surface area contributed by atoms with Gasteiger partial charge in [0.2, 0.25) is 15.9 Å². The summed E-state index contributed by atoms with van der Waals surface area (Å²) in [5.41, 5.74) is 0.953. The highest BCUT2D eigenvalue weighted by molar-refractivity contribution is 7.89. The highest BCUT2D eigenvalue weighted by Gasteiger charge is 2.35. The number of methoxy groups -OCH3 is 1. The Kier molecular flexibility index (Phi) is 8.51. The molecular formula is C27H31FN2O5S2. The van der Waals surface area contributed by atoms with E-state index in [-0.39, 0.29) is 42.2 Å². The number of benzene rings is 2. The highest BCUT2D eigenvalue weighted by Crippen LogP contribution is 2.34. The van der Waals surface area contributed by atoms with Gasteiger partial charge in [0.05, 0.1) is 24.6 Å². The van der Waals surface area contributed by atoms with Gasteiger partial charge in [-0.2, -0.15) is 4.31 Å². The van der Waals surface area contributed by atoms with Crippen LogP contribution in [0.4, 0.5) is 4.39 Å². The van der Waals surface area contributed by atoms with E-state index in [2.05, 4.69) is 0 Å². The molecule has 1 aromatic heterocycles. The molecule has 2 heterocycles. The molecule has 0 saturated carbocycles. The second kappa shape index (κ2) is 11.6. The molecule has 198 valence electrons. The maximum absolute atomic E-state index is 14.2. The summed E-state index contributed by atoms with van der Waals surface area (Å²) < 4.78 is 53.4. The molecule has 0 fully saturated rings. The van der Waals surface area contributed by atoms with Gasteiger partial charge in [0, 0.05) is 18.0 Å². The molecule has 4 rings (SSSR count). The zero-order valence-electron chi connectivity index (χ0n) is 21.1. The summed E-state index contributed by atoms with van der Waals surface area (Å²) in [6.45, 7) is 4.19. The van der Waals surface area contributed by atoms with Gasteiger partial charge in [-0.25, -0.2) is 12.8 Å². The minimum Gasteiger partial charge on any atom is -0.497 e. The molecule has 10 heteroatoms. The zero-order chi connectivity index (χ0) is 26.6. The molecule has 1 atom stereocenters. The molecule has 0 aliphatic carbocycles. The van der Waals surface area contributed by atoms with Crippen molar-refractivity contribution in [1.29, 1.82) is 0 Å². The minimum absolute atomic E-state index is 0.00541. The number of para-hydroxylation sites is 1. The van der Waals surface area contributed by atoms with Crippen molar-refractivity contribution < 1.29 is 27.1 Å². The van der Waals surface area contributed by atoms with Gasteiger partial charge in [0.15, 0.2) is 11.6 Å². The molecule has 2 aromatic carbocycles. The SMILES string of the molecule is COc1ccc(S(=O)(=O)N(CC(=O)N2CCc3sccc3[C@H]2COc2ccccc2F)CC(C)C)cc1. The van der Waals surface area contributed by atoms with Gasteiger partial charge >= 0.3 is 0 Å². The van der Waals surface area contributed by atoms with Gasteiger partial charge in [0.25, 0.3) is 0 Å². The molecule has 0 unspecified atom stereocenters. The van der Waals surface area contributed by atoms with Crippen molar-refractivity contribution in [2.24, 2.45) is 5.92 Å². The Morgan fingerprint density at radius 3 is 2.57 bits per heavy atom. The molecule has 0 N–H and O–H groups in total. The summed E-state index contributed by atoms with van der Waals surface area (Å²) in [6, 6.07) is 13.8. The summed E-state index contributed by atoms with van der Waals surface area (Å²) in [5.74, 6) is -0.137. The fourth-order valence-electron chi connectivity index (χ4n) is 4.40. The average molecular weight is 547 g/mol. The molecule has 0 saturated heterocycles. The van der Waals surface area contributed by atoms with Gasteiger partial charge in [0.1, 0.15) is 12.4 Å². The van der Waals surface area contributed by atoms with Crippen molar-refractivity contribution in [3.63, 3.8) is 0 Å². The van der Waals surface area contributed by atoms with Gasteiger partial charge in [-0.05, 0) is 65.7 Å². The van der Waals surface area contributed by atoms with Crippen LogP contribution in [-0.4, -0.2) is 56.9 Å². The van der Waals surface area contributed by atoms with Crippen LogP contribution < -0.4 is 9.47 Å². The molecule has 37 heavy (non-hydrogen) atoms. The van der Waals surface area contributed by atoms with Crippen LogP contribution in [0.2, 0.25) is 0 Å². The molecule has 0 radical (unpaired) electrons. The number of hydrogen-bond acceptors (Lipinski definition) is 6. The number of hydrogen-bond donors (Lipinski definition) is 0. The second-order valence-electron chi connectivity index (χ2n) is 9.26. The van der Waals surface area contributed by atoms with Crippen LogP contribution in [-0.2, 0) is 21.2 Å². The third-order valence-corrected chi connectivity index (χ3v) is 9.05. The molecule has 1 amide bonds. The number of thiophene rings is 1. The quantitative estimate of drug-likeness (QED) is 0.367. The molecule has 1 aliphatic heterocycles. The smallest absolute Gasteiger partial charge is 0.243 e. The predicted octanol–water partition coefficient (Wildman–Crippen LogP) is 4.75. The Labute approximate surface area is 221 Å². The lowest BCUT2D eigenvalue weighted by atomic mass is 10.0. The lowest BCUT2D eigenvalue weighted by Gasteiger charge is -2.37. The molecular weight excluding hydrogens is 515 g/mol. The van der Waals surface area contributed by atoms with Crippen molar-refractivity contribution in [3.05, 3.63) is 76.2 Å². The number of rotatable bonds is 10. The number of nitrogens with zero attached hydrogens (tertiary/aromatic N) is 2. The zero-order valence-corrected chi connectivity index (χ0v) is 22.7. The van der Waals surface area contributed by atoms with Gasteiger partial charge in [-0.15, -0.1) is 11.3 Å². The molecule has 0 spiro atoms. The number of sulfonamides is 1. The Morgan fingerprint density at radius 2 is 1.89 bits per heavy atom. The second-order valence-corrected chi connectivity index (χ2v) is 12.2. The van der Waals surface area contributed by atoms with E-state index >= 15 is 0 Å². The third-order valence-electron chi connectivity index (χ3n) is 6.23. The lowest BCUT2D eigenvalue weighted by molar-refractivity contribution is -0.135. The van der Waals surface area contributed by atoms with E-state index in [1.165, 1.54) is 29.6 Å². The molecule has 1 aliphatic rings. The van der Waals surface area contributed by atoms with E-state index in [9.17, 15) is 17.6 Å². The van der Waals surface area contributed by atoms with Crippen LogP contribution in [0.1, 0.15) is 30.3 Å². The number of halogens is 1. The maximum atomic E-state index is 14.2. The first-order valence-corrected chi connectivity index (χ1v) is 14.4. The van der Waals surface area contributed by atoms with E-state index in [1.807, 2.05) is 25.3 Å². The van der Waals surface area contributed by atoms with Crippen LogP contribution in [0, 0.1) is 11.7 Å². The Bertz CT molecular complexity index is 1320. The first kappa shape index (κ1) is 27.1. The van der Waals surface area contributed by atoms with Gasteiger partial charge in [-0.3, -0.25) is 4.79 Å². The number of amides is 1. The van der Waals surface area contributed by atoms with Crippen LogP contribution in [0.3, 0.4) is 0 Å². The van der Waals surface area contributed by atoms with Crippen molar-refractivity contribution in [2.75, 3.05) is 33.4 Å². The molecule has 7 nitrogen and oxygen atoms in total. The Balaban J connectivity index is 1.58. The number of carbonyl (C=O) groups is 1. The van der Waals surface area contributed by atoms with Crippen molar-refractivity contribution in [2.45, 2.75) is 31.2 Å². The molecule has 3 aromatic rings. The summed E-state index contributed by atoms with van der Waals surface area (Å²) in [6.07, 6.45) is 0.671. The van der Waals surface area contributed by atoms with Crippen LogP contribution >= 0.6 is 11.3 Å². The predicted molar refractivity (Wildman–Crippen MR) is 141 cm³/mol. The van der Waals surface area contributed by atoms with Crippen molar-refractivity contribution >= 4 is 27.3 Å². The number of fused-ring (bicyclic) bond motifs is 1. The summed E-state index contributed by atoms with van der Waals surface area (Å²) in [5, 5.41) is 1.97. The highest BCUT2D eigenvalue weighted by atomic mass is 32.2. The summed E-state index contributed by atoms with van der Waals surface area (Å²) in [4.78, 5) is 16.6. The van der Waals surface area contributed by atoms with E-state index in [1.54, 1.807) is 46.6 Å². The van der Waals surface area contributed by atoms with E-state index in [0.29, 0.717) is 18.7 Å². The minimum atomic E-state index is -3.93. The van der Waals surface area contributed by atoms with Gasteiger partial charge < -0.3 is 14.4 Å². The Hall–Kier alpha value is -2.95. The van der Waals surface area contributed by atoms with E-state index < -0.39 is 21.9 Å². The van der Waals surface area contributed by atoms with Crippen LogP contribution in [0.5, 0.6) is 11.5 Å². The number of ether oxygens (including phenoxy) is 2. The maximum Gasteiger partial charge on any atom is 0.243 e. The summed E-state index contributed by atoms with van der Waals surface area (Å²) in [7, 11) is -2.42. The van der Waals surface area contributed by atoms with Crippen LogP contribution in [0.15, 0.2) is 64.9 Å². The van der Waals surface area contributed by atoms with E-state index in [0.717, 1.165) is 10.4 Å². The first-order chi connectivity index (χ1) is 17.7. The average Bonchev–Trinajstić information content (AvgIpc) is 3.36. The fraction of sp³-hybridized carbons (Fsp3) is 0.370.